The summed E-state index contributed by atoms with van der Waals surface area (Å²) in [7, 11) is 1.54. The smallest absolute Gasteiger partial charge is 0.240 e. The number of anilines is 2. The molecule has 0 spiro atoms. The van der Waals surface area contributed by atoms with E-state index in [-0.39, 0.29) is 37.1 Å². The predicted molar refractivity (Wildman–Crippen MR) is 108 cm³/mol. The zero-order chi connectivity index (χ0) is 21.2. The zero-order valence-electron chi connectivity index (χ0n) is 16.9. The van der Waals surface area contributed by atoms with Crippen LogP contribution < -0.4 is 15.5 Å². The Hall–Kier alpha value is -3.20. The normalized spacial score (nSPS) is 10.4. The summed E-state index contributed by atoms with van der Waals surface area (Å²) in [6.45, 7) is 4.16. The van der Waals surface area contributed by atoms with Gasteiger partial charge in [-0.1, -0.05) is 23.4 Å². The molecular formula is C20H26N4O5. The molecule has 0 atom stereocenters. The van der Waals surface area contributed by atoms with Crippen LogP contribution in [-0.4, -0.2) is 49.7 Å². The molecular weight excluding hydrogens is 376 g/mol. The summed E-state index contributed by atoms with van der Waals surface area (Å²) >= 11 is 0. The van der Waals surface area contributed by atoms with Crippen LogP contribution in [-0.2, 0) is 19.1 Å². The van der Waals surface area contributed by atoms with Gasteiger partial charge in [-0.3, -0.25) is 14.4 Å². The highest BCUT2D eigenvalue weighted by Crippen LogP contribution is 2.20. The predicted octanol–water partition coefficient (Wildman–Crippen LogP) is 1.81. The van der Waals surface area contributed by atoms with Crippen molar-refractivity contribution < 1.29 is 23.6 Å². The Balaban J connectivity index is 2.01. The van der Waals surface area contributed by atoms with E-state index in [2.05, 4.69) is 15.8 Å². The van der Waals surface area contributed by atoms with Crippen molar-refractivity contribution in [1.82, 2.24) is 10.5 Å². The number of nitrogens with zero attached hydrogens (tertiary/aromatic N) is 2. The number of nitrogens with one attached hydrogen (secondary N) is 2. The summed E-state index contributed by atoms with van der Waals surface area (Å²) in [4.78, 5) is 38.6. The van der Waals surface area contributed by atoms with Crippen LogP contribution in [0.25, 0.3) is 0 Å². The molecule has 0 bridgehead atoms. The SMILES string of the molecule is COCCNC(=O)CN(C(=O)CCC(=O)Nc1cc(C)on1)c1ccccc1C. The Kier molecular flexibility index (Phi) is 8.35. The van der Waals surface area contributed by atoms with Gasteiger partial charge in [-0.15, -0.1) is 0 Å². The van der Waals surface area contributed by atoms with Gasteiger partial charge in [0.15, 0.2) is 5.82 Å². The second kappa shape index (κ2) is 11.0. The first-order valence-corrected chi connectivity index (χ1v) is 9.25. The number of rotatable bonds is 10. The minimum absolute atomic E-state index is 0.0432. The number of ether oxygens (including phenoxy) is 1. The van der Waals surface area contributed by atoms with Crippen molar-refractivity contribution in [3.8, 4) is 0 Å². The maximum Gasteiger partial charge on any atom is 0.240 e. The fraction of sp³-hybridized carbons (Fsp3) is 0.400. The number of methoxy groups -OCH3 is 1. The summed E-state index contributed by atoms with van der Waals surface area (Å²) in [5, 5.41) is 8.96. The van der Waals surface area contributed by atoms with Crippen LogP contribution in [0.15, 0.2) is 34.9 Å². The highest BCUT2D eigenvalue weighted by molar-refractivity contribution is 6.01. The van der Waals surface area contributed by atoms with Crippen molar-refractivity contribution in [3.05, 3.63) is 41.7 Å². The molecule has 0 aliphatic carbocycles. The minimum Gasteiger partial charge on any atom is -0.383 e. The maximum absolute atomic E-state index is 12.8. The number of aryl methyl sites for hydroxylation is 2. The topological polar surface area (TPSA) is 114 Å². The molecule has 1 aromatic carbocycles. The Morgan fingerprint density at radius 3 is 2.55 bits per heavy atom. The van der Waals surface area contributed by atoms with E-state index >= 15 is 0 Å². The fourth-order valence-corrected chi connectivity index (χ4v) is 2.65. The number of aromatic nitrogens is 1. The average molecular weight is 402 g/mol. The standard InChI is InChI=1S/C20H26N4O5/c1-14-6-4-5-7-16(14)24(13-19(26)21-10-11-28-3)20(27)9-8-18(25)22-17-12-15(2)29-23-17/h4-7,12H,8-11,13H2,1-3H3,(H,21,26)(H,22,23,25). The van der Waals surface area contributed by atoms with Crippen LogP contribution in [0.2, 0.25) is 0 Å². The number of amides is 3. The van der Waals surface area contributed by atoms with Gasteiger partial charge in [-0.2, -0.15) is 0 Å². The first-order valence-electron chi connectivity index (χ1n) is 9.25. The van der Waals surface area contributed by atoms with Crippen molar-refractivity contribution in [1.29, 1.82) is 0 Å². The molecule has 0 saturated carbocycles. The summed E-state index contributed by atoms with van der Waals surface area (Å²) in [6.07, 6.45) is -0.0965. The quantitative estimate of drug-likeness (QED) is 0.586. The van der Waals surface area contributed by atoms with Gasteiger partial charge >= 0.3 is 0 Å². The third kappa shape index (κ3) is 7.04. The Labute approximate surface area is 169 Å². The van der Waals surface area contributed by atoms with Crippen LogP contribution in [0, 0.1) is 13.8 Å². The van der Waals surface area contributed by atoms with E-state index in [9.17, 15) is 14.4 Å². The van der Waals surface area contributed by atoms with Gasteiger partial charge in [0.1, 0.15) is 12.3 Å². The van der Waals surface area contributed by atoms with Crippen molar-refractivity contribution in [2.45, 2.75) is 26.7 Å². The van der Waals surface area contributed by atoms with E-state index in [0.717, 1.165) is 5.56 Å². The van der Waals surface area contributed by atoms with E-state index in [0.29, 0.717) is 30.4 Å². The van der Waals surface area contributed by atoms with Crippen molar-refractivity contribution >= 4 is 29.2 Å². The molecule has 9 heteroatoms. The van der Waals surface area contributed by atoms with Gasteiger partial charge in [0.2, 0.25) is 17.7 Å². The molecule has 0 saturated heterocycles. The lowest BCUT2D eigenvalue weighted by Gasteiger charge is -2.24. The van der Waals surface area contributed by atoms with Crippen LogP contribution in [0.5, 0.6) is 0 Å². The molecule has 1 aromatic heterocycles. The number of carbonyl (C=O) groups excluding carboxylic acids is 3. The molecule has 0 fully saturated rings. The first-order chi connectivity index (χ1) is 13.9. The van der Waals surface area contributed by atoms with Crippen molar-refractivity contribution in [2.75, 3.05) is 37.0 Å². The molecule has 9 nitrogen and oxygen atoms in total. The molecule has 2 aromatic rings. The molecule has 1 heterocycles. The van der Waals surface area contributed by atoms with Gasteiger partial charge in [0.25, 0.3) is 0 Å². The minimum atomic E-state index is -0.360. The zero-order valence-corrected chi connectivity index (χ0v) is 16.9. The molecule has 0 aliphatic rings. The monoisotopic (exact) mass is 402 g/mol. The first kappa shape index (κ1) is 22.1. The molecule has 3 amide bonds. The van der Waals surface area contributed by atoms with Crippen molar-refractivity contribution in [2.24, 2.45) is 0 Å². The molecule has 2 N–H and O–H groups in total. The molecule has 2 rings (SSSR count). The summed E-state index contributed by atoms with van der Waals surface area (Å²) < 4.78 is 9.80. The van der Waals surface area contributed by atoms with Crippen LogP contribution in [0.4, 0.5) is 11.5 Å². The van der Waals surface area contributed by atoms with Crippen molar-refractivity contribution in [3.63, 3.8) is 0 Å². The second-order valence-electron chi connectivity index (χ2n) is 6.48. The average Bonchev–Trinajstić information content (AvgIpc) is 3.09. The van der Waals surface area contributed by atoms with Gasteiger partial charge < -0.3 is 24.8 Å². The highest BCUT2D eigenvalue weighted by atomic mass is 16.5. The summed E-state index contributed by atoms with van der Waals surface area (Å²) in [5.74, 6) is -0.121. The van der Waals surface area contributed by atoms with E-state index in [1.165, 1.54) is 4.90 Å². The van der Waals surface area contributed by atoms with E-state index < -0.39 is 0 Å². The van der Waals surface area contributed by atoms with E-state index in [4.69, 9.17) is 9.26 Å². The van der Waals surface area contributed by atoms with Crippen LogP contribution >= 0.6 is 0 Å². The van der Waals surface area contributed by atoms with Gasteiger partial charge in [0, 0.05) is 38.2 Å². The maximum atomic E-state index is 12.8. The molecule has 0 aliphatic heterocycles. The highest BCUT2D eigenvalue weighted by Gasteiger charge is 2.21. The Bertz CT molecular complexity index is 849. The Morgan fingerprint density at radius 1 is 1.14 bits per heavy atom. The van der Waals surface area contributed by atoms with Gasteiger partial charge in [-0.25, -0.2) is 0 Å². The molecule has 156 valence electrons. The molecule has 0 unspecified atom stereocenters. The fourth-order valence-electron chi connectivity index (χ4n) is 2.65. The van der Waals surface area contributed by atoms with E-state index in [1.54, 1.807) is 32.2 Å². The van der Waals surface area contributed by atoms with Crippen LogP contribution in [0.3, 0.4) is 0 Å². The Morgan fingerprint density at radius 2 is 1.90 bits per heavy atom. The molecule has 0 radical (unpaired) electrons. The van der Waals surface area contributed by atoms with E-state index in [1.807, 2.05) is 19.1 Å². The number of carbonyl (C=O) groups is 3. The lowest BCUT2D eigenvalue weighted by atomic mass is 10.1. The summed E-state index contributed by atoms with van der Waals surface area (Å²) in [5.41, 5.74) is 1.49. The van der Waals surface area contributed by atoms with Crippen LogP contribution in [0.1, 0.15) is 24.2 Å². The van der Waals surface area contributed by atoms with Gasteiger partial charge in [-0.05, 0) is 25.5 Å². The second-order valence-corrected chi connectivity index (χ2v) is 6.48. The number of para-hydroxylation sites is 1. The summed E-state index contributed by atoms with van der Waals surface area (Å²) in [6, 6.07) is 8.87. The number of hydrogen-bond acceptors (Lipinski definition) is 6. The van der Waals surface area contributed by atoms with Gasteiger partial charge in [0.05, 0.1) is 6.61 Å². The number of hydrogen-bond donors (Lipinski definition) is 2. The molecule has 29 heavy (non-hydrogen) atoms. The third-order valence-electron chi connectivity index (χ3n) is 4.10. The lowest BCUT2D eigenvalue weighted by molar-refractivity contribution is -0.125. The number of benzene rings is 1. The largest absolute Gasteiger partial charge is 0.383 e. The third-order valence-corrected chi connectivity index (χ3v) is 4.10. The lowest BCUT2D eigenvalue weighted by Crippen LogP contribution is -2.42.